The summed E-state index contributed by atoms with van der Waals surface area (Å²) in [6, 6.07) is 17.0. The number of phenols is 1. The van der Waals surface area contributed by atoms with E-state index in [9.17, 15) is 19.5 Å². The number of halogens is 2. The summed E-state index contributed by atoms with van der Waals surface area (Å²) in [6.45, 7) is 0. The van der Waals surface area contributed by atoms with Gasteiger partial charge in [0.2, 0.25) is 0 Å². The molecule has 1 aromatic heterocycles. The molecule has 0 fully saturated rings. The Balaban J connectivity index is 1.67. The largest absolute Gasteiger partial charge is 0.506 e. The standard InChI is InChI=1S/C24H17Br2N5O4/c25-17-10-13(11-18(26)21(17)32)12-27-30-24(35)20(28-22(33)14-6-2-1-3-7-14)19-15-8-4-5-9-16(15)23(34)31-29-19/h1-12,20,32H,(H,28,33)(H,30,35)(H,31,34)/b27-12-/t20-/m0/s1. The molecular weight excluding hydrogens is 582 g/mol. The number of fused-ring (bicyclic) bond motifs is 1. The van der Waals surface area contributed by atoms with E-state index in [-0.39, 0.29) is 11.4 Å². The van der Waals surface area contributed by atoms with Crippen molar-refractivity contribution in [3.63, 3.8) is 0 Å². The number of benzene rings is 3. The Labute approximate surface area is 215 Å². The highest BCUT2D eigenvalue weighted by Gasteiger charge is 2.27. The van der Waals surface area contributed by atoms with E-state index in [1.807, 2.05) is 0 Å². The van der Waals surface area contributed by atoms with Gasteiger partial charge in [0, 0.05) is 10.9 Å². The molecule has 1 atom stereocenters. The zero-order valence-electron chi connectivity index (χ0n) is 17.8. The van der Waals surface area contributed by atoms with E-state index in [0.717, 1.165) is 0 Å². The van der Waals surface area contributed by atoms with Crippen molar-refractivity contribution in [1.82, 2.24) is 20.9 Å². The number of amides is 2. The van der Waals surface area contributed by atoms with Gasteiger partial charge in [0.1, 0.15) is 11.4 Å². The number of aromatic hydroxyl groups is 1. The number of nitrogens with zero attached hydrogens (tertiary/aromatic N) is 2. The Morgan fingerprint density at radius 2 is 1.63 bits per heavy atom. The molecular formula is C24H17Br2N5O4. The number of H-pyrrole nitrogens is 1. The number of carbonyl (C=O) groups is 2. The van der Waals surface area contributed by atoms with Crippen LogP contribution in [0.2, 0.25) is 0 Å². The van der Waals surface area contributed by atoms with Gasteiger partial charge in [0.15, 0.2) is 6.04 Å². The summed E-state index contributed by atoms with van der Waals surface area (Å²) in [7, 11) is 0. The lowest BCUT2D eigenvalue weighted by molar-refractivity contribution is -0.123. The zero-order valence-corrected chi connectivity index (χ0v) is 21.0. The number of aromatic amines is 1. The minimum Gasteiger partial charge on any atom is -0.506 e. The van der Waals surface area contributed by atoms with Crippen molar-refractivity contribution >= 4 is 60.7 Å². The second-order valence-electron chi connectivity index (χ2n) is 7.32. The van der Waals surface area contributed by atoms with Gasteiger partial charge in [-0.3, -0.25) is 14.4 Å². The summed E-state index contributed by atoms with van der Waals surface area (Å²) in [5.41, 5.74) is 3.08. The van der Waals surface area contributed by atoms with Gasteiger partial charge in [-0.1, -0.05) is 36.4 Å². The maximum Gasteiger partial charge on any atom is 0.272 e. The van der Waals surface area contributed by atoms with Gasteiger partial charge in [0.25, 0.3) is 17.4 Å². The molecule has 0 spiro atoms. The quantitative estimate of drug-likeness (QED) is 0.198. The predicted molar refractivity (Wildman–Crippen MR) is 138 cm³/mol. The Morgan fingerprint density at radius 1 is 1.00 bits per heavy atom. The smallest absolute Gasteiger partial charge is 0.272 e. The van der Waals surface area contributed by atoms with Gasteiger partial charge in [-0.15, -0.1) is 0 Å². The molecule has 0 unspecified atom stereocenters. The maximum absolute atomic E-state index is 13.2. The normalized spacial score (nSPS) is 11.9. The second kappa shape index (κ2) is 10.6. The molecule has 1 heterocycles. The Hall–Kier alpha value is -3.83. The highest BCUT2D eigenvalue weighted by atomic mass is 79.9. The van der Waals surface area contributed by atoms with Crippen molar-refractivity contribution in [2.75, 3.05) is 0 Å². The van der Waals surface area contributed by atoms with Crippen LogP contribution < -0.4 is 16.3 Å². The molecule has 2 amide bonds. The number of hydrogen-bond acceptors (Lipinski definition) is 6. The number of nitrogens with one attached hydrogen (secondary N) is 3. The molecule has 11 heteroatoms. The molecule has 4 aromatic rings. The molecule has 176 valence electrons. The van der Waals surface area contributed by atoms with E-state index in [1.165, 1.54) is 6.21 Å². The maximum atomic E-state index is 13.2. The van der Waals surface area contributed by atoms with Crippen LogP contribution in [0.3, 0.4) is 0 Å². The Bertz CT molecular complexity index is 1480. The van der Waals surface area contributed by atoms with Gasteiger partial charge in [-0.25, -0.2) is 10.5 Å². The number of hydrazone groups is 1. The van der Waals surface area contributed by atoms with Crippen molar-refractivity contribution in [1.29, 1.82) is 0 Å². The predicted octanol–water partition coefficient (Wildman–Crippen LogP) is 3.78. The van der Waals surface area contributed by atoms with E-state index >= 15 is 0 Å². The van der Waals surface area contributed by atoms with Crippen LogP contribution in [-0.2, 0) is 4.79 Å². The van der Waals surface area contributed by atoms with Gasteiger partial charge in [0.05, 0.1) is 20.5 Å². The van der Waals surface area contributed by atoms with Crippen LogP contribution in [0.25, 0.3) is 10.8 Å². The van der Waals surface area contributed by atoms with Crippen LogP contribution in [0.4, 0.5) is 0 Å². The molecule has 3 aromatic carbocycles. The molecule has 9 nitrogen and oxygen atoms in total. The molecule has 35 heavy (non-hydrogen) atoms. The van der Waals surface area contributed by atoms with E-state index in [4.69, 9.17) is 0 Å². The van der Waals surface area contributed by atoms with E-state index in [0.29, 0.717) is 30.8 Å². The minimum absolute atomic E-state index is 0.0332. The summed E-state index contributed by atoms with van der Waals surface area (Å²) in [5, 5.41) is 23.7. The lowest BCUT2D eigenvalue weighted by atomic mass is 10.0. The van der Waals surface area contributed by atoms with Crippen molar-refractivity contribution in [2.24, 2.45) is 5.10 Å². The van der Waals surface area contributed by atoms with E-state index < -0.39 is 23.4 Å². The summed E-state index contributed by atoms with van der Waals surface area (Å²) in [6.07, 6.45) is 1.38. The van der Waals surface area contributed by atoms with Crippen molar-refractivity contribution < 1.29 is 14.7 Å². The Kier molecular flexibility index (Phi) is 7.37. The van der Waals surface area contributed by atoms with Crippen LogP contribution in [-0.4, -0.2) is 33.3 Å². The van der Waals surface area contributed by atoms with Crippen LogP contribution in [0, 0.1) is 0 Å². The molecule has 4 N–H and O–H groups in total. The number of carbonyl (C=O) groups excluding carboxylic acids is 2. The second-order valence-corrected chi connectivity index (χ2v) is 9.03. The number of phenolic OH excluding ortho intramolecular Hbond substituents is 1. The third kappa shape index (κ3) is 5.47. The lowest BCUT2D eigenvalue weighted by Crippen LogP contribution is -2.40. The van der Waals surface area contributed by atoms with Crippen LogP contribution >= 0.6 is 31.9 Å². The van der Waals surface area contributed by atoms with Crippen LogP contribution in [0.5, 0.6) is 5.75 Å². The van der Waals surface area contributed by atoms with Gasteiger partial charge in [-0.2, -0.15) is 10.2 Å². The molecule has 0 radical (unpaired) electrons. The highest BCUT2D eigenvalue weighted by molar-refractivity contribution is 9.11. The SMILES string of the molecule is O=C(N[C@H](C(=O)N/N=C\c1cc(Br)c(O)c(Br)c1)c1n[nH]c(=O)c2ccccc12)c1ccccc1. The van der Waals surface area contributed by atoms with E-state index in [1.54, 1.807) is 66.7 Å². The van der Waals surface area contributed by atoms with E-state index in [2.05, 4.69) is 57.9 Å². The molecule has 0 aliphatic carbocycles. The summed E-state index contributed by atoms with van der Waals surface area (Å²) >= 11 is 6.47. The third-order valence-electron chi connectivity index (χ3n) is 5.00. The van der Waals surface area contributed by atoms with Gasteiger partial charge in [-0.05, 0) is 67.8 Å². The van der Waals surface area contributed by atoms with Crippen LogP contribution in [0.1, 0.15) is 27.7 Å². The first-order chi connectivity index (χ1) is 16.8. The fraction of sp³-hybridized carbons (Fsp3) is 0.0417. The molecule has 0 saturated heterocycles. The summed E-state index contributed by atoms with van der Waals surface area (Å²) in [5.74, 6) is -1.14. The fourth-order valence-electron chi connectivity index (χ4n) is 3.31. The van der Waals surface area contributed by atoms with Crippen LogP contribution in [0.15, 0.2) is 85.6 Å². The average Bonchev–Trinajstić information content (AvgIpc) is 2.87. The first-order valence-electron chi connectivity index (χ1n) is 10.2. The minimum atomic E-state index is -1.26. The third-order valence-corrected chi connectivity index (χ3v) is 6.21. The number of aromatic nitrogens is 2. The average molecular weight is 599 g/mol. The molecule has 4 rings (SSSR count). The Morgan fingerprint density at radius 3 is 2.31 bits per heavy atom. The topological polar surface area (TPSA) is 137 Å². The van der Waals surface area contributed by atoms with Gasteiger partial charge < -0.3 is 10.4 Å². The molecule has 0 aliphatic heterocycles. The molecule has 0 bridgehead atoms. The highest BCUT2D eigenvalue weighted by Crippen LogP contribution is 2.32. The molecule has 0 aliphatic rings. The zero-order chi connectivity index (χ0) is 24.9. The number of rotatable bonds is 6. The van der Waals surface area contributed by atoms with Crippen molar-refractivity contribution in [3.05, 3.63) is 103 Å². The number of hydrogen-bond donors (Lipinski definition) is 4. The summed E-state index contributed by atoms with van der Waals surface area (Å²) < 4.78 is 0.883. The first kappa shape index (κ1) is 24.3. The first-order valence-corrected chi connectivity index (χ1v) is 11.8. The lowest BCUT2D eigenvalue weighted by Gasteiger charge is -2.18. The summed E-state index contributed by atoms with van der Waals surface area (Å²) in [4.78, 5) is 38.3. The fourth-order valence-corrected chi connectivity index (χ4v) is 4.53. The monoisotopic (exact) mass is 597 g/mol. The van der Waals surface area contributed by atoms with Crippen molar-refractivity contribution in [3.8, 4) is 5.75 Å². The van der Waals surface area contributed by atoms with Gasteiger partial charge >= 0.3 is 0 Å². The van der Waals surface area contributed by atoms with Crippen molar-refractivity contribution in [2.45, 2.75) is 6.04 Å². The molecule has 0 saturated carbocycles.